The molecule has 1 aromatic heterocycles. The van der Waals surface area contributed by atoms with Crippen molar-refractivity contribution in [3.8, 4) is 0 Å². The van der Waals surface area contributed by atoms with Crippen molar-refractivity contribution in [2.45, 2.75) is 26.3 Å². The average Bonchev–Trinajstić information content (AvgIpc) is 2.61. The number of carbonyl (C=O) groups excluding carboxylic acids is 2. The van der Waals surface area contributed by atoms with Gasteiger partial charge in [0.15, 0.2) is 5.82 Å². The highest BCUT2D eigenvalue weighted by molar-refractivity contribution is 7.11. The lowest BCUT2D eigenvalue weighted by molar-refractivity contribution is -0.120. The van der Waals surface area contributed by atoms with Crippen LogP contribution in [0.15, 0.2) is 0 Å². The zero-order chi connectivity index (χ0) is 14.7. The highest BCUT2D eigenvalue weighted by Crippen LogP contribution is 2.31. The Morgan fingerprint density at radius 3 is 2.95 bits per heavy atom. The van der Waals surface area contributed by atoms with Crippen LogP contribution in [-0.4, -0.2) is 41.9 Å². The van der Waals surface area contributed by atoms with E-state index in [0.29, 0.717) is 31.6 Å². The molecule has 1 saturated heterocycles. The lowest BCUT2D eigenvalue weighted by Crippen LogP contribution is -2.33. The van der Waals surface area contributed by atoms with E-state index in [1.807, 2.05) is 18.7 Å². The van der Waals surface area contributed by atoms with Crippen molar-refractivity contribution in [3.63, 3.8) is 0 Å². The molecular formula is C12H19N5O2S. The van der Waals surface area contributed by atoms with E-state index in [1.54, 1.807) is 0 Å². The number of hydrogen-bond acceptors (Lipinski definition) is 6. The lowest BCUT2D eigenvalue weighted by Gasteiger charge is -2.21. The molecule has 8 heteroatoms. The Balaban J connectivity index is 2.23. The lowest BCUT2D eigenvalue weighted by atomic mass is 10.2. The average molecular weight is 297 g/mol. The monoisotopic (exact) mass is 297 g/mol. The van der Waals surface area contributed by atoms with E-state index in [2.05, 4.69) is 15.0 Å². The van der Waals surface area contributed by atoms with Crippen molar-refractivity contribution in [3.05, 3.63) is 5.56 Å². The van der Waals surface area contributed by atoms with Crippen LogP contribution in [0.4, 0.5) is 10.8 Å². The molecule has 4 N–H and O–H groups in total. The number of hydrogen-bond donors (Lipinski definition) is 3. The van der Waals surface area contributed by atoms with E-state index in [0.717, 1.165) is 5.00 Å². The van der Waals surface area contributed by atoms with E-state index in [9.17, 15) is 9.59 Å². The molecule has 0 radical (unpaired) electrons. The van der Waals surface area contributed by atoms with Gasteiger partial charge in [-0.15, -0.1) is 0 Å². The number of carbonyl (C=O) groups is 2. The minimum absolute atomic E-state index is 0.0261. The molecule has 2 rings (SSSR count). The van der Waals surface area contributed by atoms with Gasteiger partial charge in [-0.1, -0.05) is 0 Å². The van der Waals surface area contributed by atoms with Crippen molar-refractivity contribution < 1.29 is 9.59 Å². The second kappa shape index (κ2) is 6.08. The largest absolute Gasteiger partial charge is 0.382 e. The van der Waals surface area contributed by atoms with Crippen LogP contribution in [0.2, 0.25) is 0 Å². The first kappa shape index (κ1) is 14.6. The highest BCUT2D eigenvalue weighted by atomic mass is 32.1. The summed E-state index contributed by atoms with van der Waals surface area (Å²) < 4.78 is 4.08. The van der Waals surface area contributed by atoms with Crippen LogP contribution < -0.4 is 21.3 Å². The fraction of sp³-hybridized carbons (Fsp3) is 0.583. The van der Waals surface area contributed by atoms with Crippen LogP contribution in [0, 0.1) is 0 Å². The highest BCUT2D eigenvalue weighted by Gasteiger charge is 2.25. The first-order valence-electron chi connectivity index (χ1n) is 6.56. The molecule has 0 aromatic carbocycles. The first-order chi connectivity index (χ1) is 9.49. The van der Waals surface area contributed by atoms with E-state index in [1.165, 1.54) is 11.5 Å². The summed E-state index contributed by atoms with van der Waals surface area (Å²) in [6.45, 7) is 5.55. The van der Waals surface area contributed by atoms with Crippen LogP contribution in [0.5, 0.6) is 0 Å². The molecule has 20 heavy (non-hydrogen) atoms. The van der Waals surface area contributed by atoms with Crippen molar-refractivity contribution in [2.75, 3.05) is 30.3 Å². The maximum absolute atomic E-state index is 12.2. The van der Waals surface area contributed by atoms with Gasteiger partial charge in [0.05, 0.1) is 0 Å². The van der Waals surface area contributed by atoms with E-state index >= 15 is 0 Å². The number of amides is 2. The summed E-state index contributed by atoms with van der Waals surface area (Å²) in [5.74, 6) is 0.0506. The Hall–Kier alpha value is -1.83. The topological polar surface area (TPSA) is 100 Å². The summed E-state index contributed by atoms with van der Waals surface area (Å²) in [5.41, 5.74) is 6.24. The van der Waals surface area contributed by atoms with Crippen LogP contribution >= 0.6 is 11.5 Å². The summed E-state index contributed by atoms with van der Waals surface area (Å²) >= 11 is 1.20. The molecule has 2 amide bonds. The summed E-state index contributed by atoms with van der Waals surface area (Å²) in [4.78, 5) is 25.6. The smallest absolute Gasteiger partial charge is 0.258 e. The van der Waals surface area contributed by atoms with Gasteiger partial charge >= 0.3 is 0 Å². The third-order valence-corrected chi connectivity index (χ3v) is 3.87. The fourth-order valence-corrected chi connectivity index (χ4v) is 2.89. The number of nitrogens with two attached hydrogens (primary N) is 1. The molecule has 1 fully saturated rings. The molecule has 0 unspecified atom stereocenters. The van der Waals surface area contributed by atoms with E-state index in [4.69, 9.17) is 5.73 Å². The molecule has 0 bridgehead atoms. The number of anilines is 2. The molecule has 0 aliphatic carbocycles. The van der Waals surface area contributed by atoms with Gasteiger partial charge in [-0.3, -0.25) is 9.59 Å². The number of aromatic nitrogens is 1. The summed E-state index contributed by atoms with van der Waals surface area (Å²) in [7, 11) is 0. The molecular weight excluding hydrogens is 278 g/mol. The van der Waals surface area contributed by atoms with Gasteiger partial charge in [0.25, 0.3) is 5.91 Å². The van der Waals surface area contributed by atoms with Crippen molar-refractivity contribution in [1.29, 1.82) is 0 Å². The molecule has 2 heterocycles. The molecule has 1 aromatic rings. The summed E-state index contributed by atoms with van der Waals surface area (Å²) in [5, 5.41) is 6.37. The molecule has 0 saturated carbocycles. The Kier molecular flexibility index (Phi) is 4.43. The zero-order valence-electron chi connectivity index (χ0n) is 11.6. The number of nitrogen functional groups attached to an aromatic ring is 1. The molecule has 1 aliphatic rings. The number of nitrogens with one attached hydrogen (secondary N) is 2. The van der Waals surface area contributed by atoms with Gasteiger partial charge in [0.2, 0.25) is 5.91 Å². The SMILES string of the molecule is CC(C)NC(=O)c1c(N)nsc1N1CCNC(=O)CC1. The van der Waals surface area contributed by atoms with Gasteiger partial charge in [-0.25, -0.2) is 0 Å². The minimum atomic E-state index is -0.218. The Labute approximate surface area is 121 Å². The van der Waals surface area contributed by atoms with E-state index < -0.39 is 0 Å². The Morgan fingerprint density at radius 2 is 2.25 bits per heavy atom. The van der Waals surface area contributed by atoms with Gasteiger partial charge in [0.1, 0.15) is 10.6 Å². The predicted molar refractivity (Wildman–Crippen MR) is 79.0 cm³/mol. The van der Waals surface area contributed by atoms with Crippen LogP contribution in [0.1, 0.15) is 30.6 Å². The molecule has 0 spiro atoms. The maximum atomic E-state index is 12.2. The minimum Gasteiger partial charge on any atom is -0.382 e. The van der Waals surface area contributed by atoms with Gasteiger partial charge in [-0.05, 0) is 25.4 Å². The van der Waals surface area contributed by atoms with Crippen molar-refractivity contribution >= 4 is 34.2 Å². The predicted octanol–water partition coefficient (Wildman–Crippen LogP) is 0.190. The van der Waals surface area contributed by atoms with Crippen LogP contribution in [-0.2, 0) is 4.79 Å². The van der Waals surface area contributed by atoms with Gasteiger partial charge in [0, 0.05) is 32.1 Å². The van der Waals surface area contributed by atoms with E-state index in [-0.39, 0.29) is 23.7 Å². The van der Waals surface area contributed by atoms with Crippen LogP contribution in [0.3, 0.4) is 0 Å². The van der Waals surface area contributed by atoms with Gasteiger partial charge < -0.3 is 21.3 Å². The molecule has 110 valence electrons. The first-order valence-corrected chi connectivity index (χ1v) is 7.34. The van der Waals surface area contributed by atoms with Crippen molar-refractivity contribution in [1.82, 2.24) is 15.0 Å². The fourth-order valence-electron chi connectivity index (χ4n) is 2.03. The standard InChI is InChI=1S/C12H19N5O2S/c1-7(2)15-11(19)9-10(13)16-20-12(9)17-5-3-8(18)14-4-6-17/h7H,3-6H2,1-2H3,(H2,13,16)(H,14,18)(H,15,19). The third-order valence-electron chi connectivity index (χ3n) is 2.95. The second-order valence-electron chi connectivity index (χ2n) is 4.96. The quantitative estimate of drug-likeness (QED) is 0.739. The third kappa shape index (κ3) is 3.19. The number of nitrogens with zero attached hydrogens (tertiary/aromatic N) is 2. The Bertz CT molecular complexity index is 514. The van der Waals surface area contributed by atoms with Crippen molar-refractivity contribution in [2.24, 2.45) is 0 Å². The summed E-state index contributed by atoms with van der Waals surface area (Å²) in [6.07, 6.45) is 0.406. The molecule has 7 nitrogen and oxygen atoms in total. The molecule has 0 atom stereocenters. The van der Waals surface area contributed by atoms with Gasteiger partial charge in [-0.2, -0.15) is 4.37 Å². The zero-order valence-corrected chi connectivity index (χ0v) is 12.4. The second-order valence-corrected chi connectivity index (χ2v) is 5.71. The summed E-state index contributed by atoms with van der Waals surface area (Å²) in [6, 6.07) is 0.0297. The number of rotatable bonds is 3. The Morgan fingerprint density at radius 1 is 1.50 bits per heavy atom. The normalized spacial score (nSPS) is 15.9. The maximum Gasteiger partial charge on any atom is 0.258 e. The van der Waals surface area contributed by atoms with Crippen LogP contribution in [0.25, 0.3) is 0 Å². The molecule has 1 aliphatic heterocycles.